The number of likely N-dealkylation sites (tertiary alicyclic amines) is 1. The Kier molecular flexibility index (Phi) is 7.89. The van der Waals surface area contributed by atoms with Gasteiger partial charge in [-0.2, -0.15) is 0 Å². The van der Waals surface area contributed by atoms with Crippen LogP contribution in [0.25, 0.3) is 0 Å². The topological polar surface area (TPSA) is 51.2 Å². The van der Waals surface area contributed by atoms with Gasteiger partial charge in [-0.05, 0) is 60.5 Å². The van der Waals surface area contributed by atoms with Crippen LogP contribution in [0.15, 0.2) is 42.5 Å². The van der Waals surface area contributed by atoms with Crippen molar-refractivity contribution < 1.29 is 19.0 Å². The fraction of sp³-hybridized carbons (Fsp3) is 0.519. The Morgan fingerprint density at radius 1 is 1.00 bits per heavy atom. The first-order chi connectivity index (χ1) is 16.1. The van der Waals surface area contributed by atoms with Crippen molar-refractivity contribution in [1.82, 2.24) is 9.80 Å². The van der Waals surface area contributed by atoms with Gasteiger partial charge in [0.2, 0.25) is 0 Å². The zero-order valence-electron chi connectivity index (χ0n) is 20.1. The summed E-state index contributed by atoms with van der Waals surface area (Å²) in [7, 11) is 4.86. The van der Waals surface area contributed by atoms with E-state index in [2.05, 4.69) is 52.3 Å². The summed E-state index contributed by atoms with van der Waals surface area (Å²) in [6.07, 6.45) is 3.45. The van der Waals surface area contributed by atoms with E-state index in [0.29, 0.717) is 18.4 Å². The van der Waals surface area contributed by atoms with Crippen molar-refractivity contribution in [2.45, 2.75) is 44.8 Å². The maximum absolute atomic E-state index is 11.9. The average molecular weight is 453 g/mol. The van der Waals surface area contributed by atoms with Gasteiger partial charge in [-0.1, -0.05) is 30.3 Å². The summed E-state index contributed by atoms with van der Waals surface area (Å²) in [5.41, 5.74) is 4.00. The first-order valence-electron chi connectivity index (χ1n) is 11.9. The highest BCUT2D eigenvalue weighted by atomic mass is 16.5. The smallest absolute Gasteiger partial charge is 0.305 e. The molecule has 2 aliphatic rings. The van der Waals surface area contributed by atoms with Crippen LogP contribution in [-0.4, -0.2) is 62.8 Å². The van der Waals surface area contributed by atoms with Gasteiger partial charge in [0.1, 0.15) is 0 Å². The van der Waals surface area contributed by atoms with E-state index in [1.54, 1.807) is 14.2 Å². The van der Waals surface area contributed by atoms with Crippen molar-refractivity contribution in [2.75, 3.05) is 41.0 Å². The van der Waals surface area contributed by atoms with Crippen LogP contribution in [0.2, 0.25) is 0 Å². The number of hydrogen-bond donors (Lipinski definition) is 0. The Balaban J connectivity index is 1.48. The second-order valence-corrected chi connectivity index (χ2v) is 9.15. The minimum absolute atomic E-state index is 0.116. The van der Waals surface area contributed by atoms with Crippen LogP contribution in [0.4, 0.5) is 0 Å². The normalized spacial score (nSPS) is 21.3. The third-order valence-electron chi connectivity index (χ3n) is 7.19. The van der Waals surface area contributed by atoms with Gasteiger partial charge >= 0.3 is 5.97 Å². The molecule has 4 rings (SSSR count). The minimum atomic E-state index is -0.116. The third-order valence-corrected chi connectivity index (χ3v) is 7.19. The lowest BCUT2D eigenvalue weighted by atomic mass is 9.85. The molecule has 6 nitrogen and oxygen atoms in total. The number of benzene rings is 2. The predicted molar refractivity (Wildman–Crippen MR) is 129 cm³/mol. The van der Waals surface area contributed by atoms with Gasteiger partial charge in [0.25, 0.3) is 0 Å². The van der Waals surface area contributed by atoms with E-state index in [9.17, 15) is 4.79 Å². The summed E-state index contributed by atoms with van der Waals surface area (Å²) >= 11 is 0. The highest BCUT2D eigenvalue weighted by Crippen LogP contribution is 2.36. The van der Waals surface area contributed by atoms with Crippen LogP contribution in [-0.2, 0) is 29.0 Å². The molecule has 2 aromatic carbocycles. The molecule has 0 N–H and O–H groups in total. The van der Waals surface area contributed by atoms with E-state index in [1.807, 2.05) is 0 Å². The van der Waals surface area contributed by atoms with Crippen molar-refractivity contribution in [3.63, 3.8) is 0 Å². The molecule has 6 heteroatoms. The zero-order chi connectivity index (χ0) is 23.2. The predicted octanol–water partition coefficient (Wildman–Crippen LogP) is 3.91. The van der Waals surface area contributed by atoms with E-state index in [-0.39, 0.29) is 5.97 Å². The molecule has 0 aliphatic carbocycles. The average Bonchev–Trinajstić information content (AvgIpc) is 2.86. The molecule has 2 aromatic rings. The molecular formula is C27H36N2O4. The standard InChI is InChI=1S/C27H36N2O4/c1-31-25-15-21-11-14-29(19-23(21)16-26(25)32-2)24-12-13-28(17-20-7-5-4-6-8-20)18-22(24)9-10-27(30)33-3/h4-8,15-16,22,24H,9-14,17-19H2,1-3H3/t22-,24-/m1/s1. The molecule has 0 saturated carbocycles. The monoisotopic (exact) mass is 452 g/mol. The van der Waals surface area contributed by atoms with Crippen LogP contribution in [0.5, 0.6) is 11.5 Å². The first kappa shape index (κ1) is 23.6. The maximum Gasteiger partial charge on any atom is 0.305 e. The molecule has 0 aromatic heterocycles. The molecule has 0 radical (unpaired) electrons. The van der Waals surface area contributed by atoms with Gasteiger partial charge in [-0.15, -0.1) is 0 Å². The molecule has 1 saturated heterocycles. The van der Waals surface area contributed by atoms with Crippen molar-refractivity contribution in [3.8, 4) is 11.5 Å². The van der Waals surface area contributed by atoms with Gasteiger partial charge in [0, 0.05) is 38.6 Å². The number of piperidine rings is 1. The zero-order valence-corrected chi connectivity index (χ0v) is 20.1. The molecule has 0 bridgehead atoms. The summed E-state index contributed by atoms with van der Waals surface area (Å²) in [5.74, 6) is 1.91. The minimum Gasteiger partial charge on any atom is -0.493 e. The highest BCUT2D eigenvalue weighted by molar-refractivity contribution is 5.69. The number of carbonyl (C=O) groups is 1. The van der Waals surface area contributed by atoms with Crippen molar-refractivity contribution >= 4 is 5.97 Å². The Labute approximate surface area is 197 Å². The van der Waals surface area contributed by atoms with E-state index in [4.69, 9.17) is 14.2 Å². The number of methoxy groups -OCH3 is 3. The SMILES string of the molecule is COC(=O)CC[C@@H]1CN(Cc2ccccc2)CC[C@H]1N1CCc2cc(OC)c(OC)cc2C1. The van der Waals surface area contributed by atoms with Crippen molar-refractivity contribution in [2.24, 2.45) is 5.92 Å². The van der Waals surface area contributed by atoms with Gasteiger partial charge in [0.05, 0.1) is 21.3 Å². The Hall–Kier alpha value is -2.57. The summed E-state index contributed by atoms with van der Waals surface area (Å²) < 4.78 is 16.0. The summed E-state index contributed by atoms with van der Waals surface area (Å²) in [5, 5.41) is 0. The van der Waals surface area contributed by atoms with E-state index < -0.39 is 0 Å². The lowest BCUT2D eigenvalue weighted by Gasteiger charge is -2.45. The first-order valence-corrected chi connectivity index (χ1v) is 11.9. The lowest BCUT2D eigenvalue weighted by molar-refractivity contribution is -0.141. The summed E-state index contributed by atoms with van der Waals surface area (Å²) in [6.45, 7) is 4.98. The Morgan fingerprint density at radius 3 is 2.42 bits per heavy atom. The number of hydrogen-bond acceptors (Lipinski definition) is 6. The third kappa shape index (κ3) is 5.68. The number of rotatable bonds is 8. The molecule has 2 heterocycles. The second-order valence-electron chi connectivity index (χ2n) is 9.15. The number of esters is 1. The van der Waals surface area contributed by atoms with Crippen molar-refractivity contribution in [3.05, 3.63) is 59.2 Å². The van der Waals surface area contributed by atoms with Crippen LogP contribution < -0.4 is 9.47 Å². The van der Waals surface area contributed by atoms with Crippen LogP contribution >= 0.6 is 0 Å². The fourth-order valence-electron chi connectivity index (χ4n) is 5.44. The second kappa shape index (κ2) is 11.0. The molecule has 2 atom stereocenters. The largest absolute Gasteiger partial charge is 0.493 e. The Morgan fingerprint density at radius 2 is 1.73 bits per heavy atom. The molecule has 0 spiro atoms. The quantitative estimate of drug-likeness (QED) is 0.566. The van der Waals surface area contributed by atoms with Crippen LogP contribution in [0.3, 0.4) is 0 Å². The summed E-state index contributed by atoms with van der Waals surface area (Å²) in [6, 6.07) is 15.4. The number of nitrogens with zero attached hydrogens (tertiary/aromatic N) is 2. The molecule has 2 aliphatic heterocycles. The van der Waals surface area contributed by atoms with Crippen LogP contribution in [0.1, 0.15) is 36.0 Å². The fourth-order valence-corrected chi connectivity index (χ4v) is 5.44. The molecule has 0 amide bonds. The maximum atomic E-state index is 11.9. The number of carbonyl (C=O) groups excluding carboxylic acids is 1. The highest BCUT2D eigenvalue weighted by Gasteiger charge is 2.35. The molecule has 178 valence electrons. The van der Waals surface area contributed by atoms with Gasteiger partial charge in [-0.3, -0.25) is 14.6 Å². The molecule has 33 heavy (non-hydrogen) atoms. The number of fused-ring (bicyclic) bond motifs is 1. The lowest BCUT2D eigenvalue weighted by Crippen LogP contribution is -2.52. The Bertz CT molecular complexity index is 933. The molecule has 1 fully saturated rings. The summed E-state index contributed by atoms with van der Waals surface area (Å²) in [4.78, 5) is 17.1. The van der Waals surface area contributed by atoms with Gasteiger partial charge in [-0.25, -0.2) is 0 Å². The number of ether oxygens (including phenoxy) is 3. The van der Waals surface area contributed by atoms with E-state index in [1.165, 1.54) is 23.8 Å². The van der Waals surface area contributed by atoms with Gasteiger partial charge < -0.3 is 14.2 Å². The van der Waals surface area contributed by atoms with E-state index >= 15 is 0 Å². The molecular weight excluding hydrogens is 416 g/mol. The van der Waals surface area contributed by atoms with Crippen molar-refractivity contribution in [1.29, 1.82) is 0 Å². The van der Waals surface area contributed by atoms with Gasteiger partial charge in [0.15, 0.2) is 11.5 Å². The molecule has 0 unspecified atom stereocenters. The van der Waals surface area contributed by atoms with E-state index in [0.717, 1.165) is 63.5 Å². The van der Waals surface area contributed by atoms with Crippen LogP contribution in [0, 0.1) is 5.92 Å².